The average molecular weight is 1250 g/mol. The van der Waals surface area contributed by atoms with Gasteiger partial charge in [0.05, 0.1) is 82.1 Å². The fourth-order valence-electron chi connectivity index (χ4n) is 9.55. The van der Waals surface area contributed by atoms with Crippen molar-refractivity contribution in [1.29, 1.82) is 0 Å². The molecule has 0 radical (unpaired) electrons. The Bertz CT molecular complexity index is 3430. The molecule has 29 heteroatoms. The van der Waals surface area contributed by atoms with Crippen LogP contribution in [0, 0.1) is 10.1 Å². The fraction of sp³-hybridized carbons (Fsp3) is 0.393. The number of hydrogen-bond donors (Lipinski definition) is 3. The highest BCUT2D eigenvalue weighted by atomic mass is 19.4. The van der Waals surface area contributed by atoms with Crippen LogP contribution >= 0.6 is 0 Å². The average Bonchev–Trinajstić information content (AvgIpc) is 1.94. The number of hydroxylamine groups is 2. The van der Waals surface area contributed by atoms with Gasteiger partial charge in [0.15, 0.2) is 11.5 Å². The Morgan fingerprint density at radius 1 is 0.778 bits per heavy atom. The molecule has 0 bridgehead atoms. The van der Waals surface area contributed by atoms with Crippen molar-refractivity contribution in [2.75, 3.05) is 73.1 Å². The minimum Gasteiger partial charge on any atom is -0.493 e. The number of nitro benzene ring substituents is 1. The second-order valence-electron chi connectivity index (χ2n) is 20.3. The molecule has 5 amide bonds. The highest BCUT2D eigenvalue weighted by Crippen LogP contribution is 2.45. The van der Waals surface area contributed by atoms with Crippen LogP contribution in [0.4, 0.5) is 28.4 Å². The summed E-state index contributed by atoms with van der Waals surface area (Å²) < 4.78 is 87.7. The lowest BCUT2D eigenvalue weighted by molar-refractivity contribution is -0.386. The number of aromatic nitrogens is 4. The molecule has 6 aromatic rings. The van der Waals surface area contributed by atoms with Gasteiger partial charge < -0.3 is 53.8 Å². The molecule has 1 unspecified atom stereocenters. The van der Waals surface area contributed by atoms with Crippen molar-refractivity contribution < 1.29 is 89.6 Å². The molecule has 2 aromatic heterocycles. The van der Waals surface area contributed by atoms with E-state index in [0.29, 0.717) is 58.8 Å². The molecule has 26 nitrogen and oxygen atoms in total. The Morgan fingerprint density at radius 2 is 1.48 bits per heavy atom. The van der Waals surface area contributed by atoms with Crippen molar-refractivity contribution in [3.05, 3.63) is 153 Å². The molecule has 2 aliphatic rings. The lowest BCUT2D eigenvalue weighted by atomic mass is 9.98. The third-order valence-electron chi connectivity index (χ3n) is 14.0. The lowest BCUT2D eigenvalue weighted by Crippen LogP contribution is -2.32. The molecule has 0 saturated carbocycles. The summed E-state index contributed by atoms with van der Waals surface area (Å²) in [7, 11) is 1.31. The molecule has 1 fully saturated rings. The zero-order valence-corrected chi connectivity index (χ0v) is 49.2. The third-order valence-corrected chi connectivity index (χ3v) is 14.0. The Balaban J connectivity index is 0.633. The van der Waals surface area contributed by atoms with E-state index in [1.165, 1.54) is 44.4 Å². The second kappa shape index (κ2) is 32.5. The number of alkyl halides is 3. The summed E-state index contributed by atoms with van der Waals surface area (Å²) in [5, 5.41) is 28.7. The van der Waals surface area contributed by atoms with Gasteiger partial charge in [-0.25, -0.2) is 19.3 Å². The van der Waals surface area contributed by atoms with Gasteiger partial charge in [-0.15, -0.1) is 5.10 Å². The number of pyridine rings is 1. The van der Waals surface area contributed by atoms with Crippen LogP contribution in [0.2, 0.25) is 0 Å². The van der Waals surface area contributed by atoms with E-state index in [4.69, 9.17) is 37.9 Å². The van der Waals surface area contributed by atoms with Crippen LogP contribution in [0.3, 0.4) is 0 Å². The van der Waals surface area contributed by atoms with E-state index in [2.05, 4.69) is 36.1 Å². The molecule has 8 rings (SSSR count). The maximum atomic E-state index is 14.0. The van der Waals surface area contributed by atoms with Crippen molar-refractivity contribution in [2.45, 2.75) is 83.2 Å². The topological polar surface area (TPSA) is 312 Å². The molecule has 1 saturated heterocycles. The number of ether oxygens (including phenoxy) is 8. The van der Waals surface area contributed by atoms with Gasteiger partial charge in [0, 0.05) is 62.6 Å². The molecule has 1 aliphatic carbocycles. The maximum absolute atomic E-state index is 14.0. The van der Waals surface area contributed by atoms with Crippen molar-refractivity contribution in [2.24, 2.45) is 0 Å². The Morgan fingerprint density at radius 3 is 2.18 bits per heavy atom. The second-order valence-corrected chi connectivity index (χ2v) is 20.3. The monoisotopic (exact) mass is 1250 g/mol. The first-order chi connectivity index (χ1) is 43.4. The normalized spacial score (nSPS) is 13.1. The molecule has 3 heterocycles. The summed E-state index contributed by atoms with van der Waals surface area (Å²) in [4.78, 5) is 93.6. The Hall–Kier alpha value is -9.74. The SMILES string of the molecule is COc1cc(C(C)OC(=O)ON2C(=O)CCC2=O)c([N+](=O)[O-])cc1OCCCC(=O)NCCOCCOCCOCCn1cc(CCCCNC(=O)c2cccc(Oc3cc(CNC(=O)OCC4c5ccccc5-c5ccccc54)cc(C(F)(F)F)n3)c2)nn1. The number of nitrogens with one attached hydrogen (secondary N) is 3. The number of hydrogen-bond acceptors (Lipinski definition) is 20. The van der Waals surface area contributed by atoms with Crippen molar-refractivity contribution in [1.82, 2.24) is 41.0 Å². The van der Waals surface area contributed by atoms with E-state index in [0.717, 1.165) is 40.1 Å². The lowest BCUT2D eigenvalue weighted by Gasteiger charge is -2.18. The number of alkyl carbamates (subject to hydrolysis) is 1. The highest BCUT2D eigenvalue weighted by Gasteiger charge is 2.36. The van der Waals surface area contributed by atoms with E-state index in [-0.39, 0.29) is 122 Å². The number of rotatable bonds is 34. The molecule has 4 aromatic carbocycles. The van der Waals surface area contributed by atoms with Crippen LogP contribution in [-0.2, 0) is 68.6 Å². The Labute approximate surface area is 513 Å². The minimum absolute atomic E-state index is 0.00632. The number of carbonyl (C=O) groups excluding carboxylic acids is 6. The van der Waals surface area contributed by atoms with E-state index in [9.17, 15) is 52.1 Å². The number of carbonyl (C=O) groups is 6. The predicted molar refractivity (Wildman–Crippen MR) is 310 cm³/mol. The third kappa shape index (κ3) is 19.1. The maximum Gasteiger partial charge on any atom is 0.534 e. The van der Waals surface area contributed by atoms with Crippen molar-refractivity contribution in [3.63, 3.8) is 0 Å². The highest BCUT2D eigenvalue weighted by molar-refractivity contribution is 6.01. The number of benzene rings is 4. The van der Waals surface area contributed by atoms with Crippen LogP contribution in [0.5, 0.6) is 23.1 Å². The predicted octanol–water partition coefficient (Wildman–Crippen LogP) is 8.50. The standard InChI is InChI=1S/C61H66F3N9O17/c1-39(88-60(79)90-72-56(75)19-20-57(72)76)48-34-51(82-2)52(35-50(48)73(80)81)86-24-10-18-54(74)65-22-25-83-27-29-85-30-28-84-26-23-71-37-42(69-70-71)12-7-8-21-66-58(77)41-11-9-13-43(33-41)89-55-32-40(31-53(68-55)61(62,63)64)36-67-59(78)87-38-49-46-16-5-3-14-44(46)45-15-4-6-17-47(45)49/h3-6,9,11,13-17,31-35,37,39,49H,7-8,10,12,18-30,36,38H2,1-2H3,(H,65,74)(H,66,77)(H,67,78). The number of amides is 5. The number of methoxy groups -OCH3 is 1. The number of imide groups is 1. The summed E-state index contributed by atoms with van der Waals surface area (Å²) in [5.74, 6) is -2.54. The molecule has 3 N–H and O–H groups in total. The summed E-state index contributed by atoms with van der Waals surface area (Å²) in [6.45, 7) is 3.96. The minimum atomic E-state index is -4.82. The molecule has 90 heavy (non-hydrogen) atoms. The van der Waals surface area contributed by atoms with Gasteiger partial charge in [-0.3, -0.25) is 34.1 Å². The number of aryl methyl sites for hydroxylation is 1. The quantitative estimate of drug-likeness (QED) is 0.0112. The molecule has 1 aliphatic heterocycles. The molecule has 478 valence electrons. The molecular formula is C61H66F3N9O17. The first-order valence-corrected chi connectivity index (χ1v) is 28.8. The van der Waals surface area contributed by atoms with Crippen molar-refractivity contribution in [3.8, 4) is 34.3 Å². The zero-order valence-electron chi connectivity index (χ0n) is 49.2. The van der Waals surface area contributed by atoms with Gasteiger partial charge in [-0.1, -0.05) is 64.9 Å². The molecular weight excluding hydrogens is 1190 g/mol. The number of nitro groups is 1. The van der Waals surface area contributed by atoms with E-state index in [1.54, 1.807) is 10.7 Å². The van der Waals surface area contributed by atoms with Gasteiger partial charge in [-0.05, 0) is 90.8 Å². The van der Waals surface area contributed by atoms with Crippen LogP contribution in [-0.4, -0.2) is 139 Å². The number of unbranched alkanes of at least 4 members (excludes halogenated alkanes) is 1. The van der Waals surface area contributed by atoms with Gasteiger partial charge in [0.2, 0.25) is 11.8 Å². The molecule has 1 atom stereocenters. The summed E-state index contributed by atoms with van der Waals surface area (Å²) in [5.41, 5.74) is 3.41. The smallest absolute Gasteiger partial charge is 0.493 e. The van der Waals surface area contributed by atoms with Gasteiger partial charge in [0.1, 0.15) is 24.2 Å². The number of nitrogens with zero attached hydrogens (tertiary/aromatic N) is 6. The van der Waals surface area contributed by atoms with E-state index >= 15 is 0 Å². The van der Waals surface area contributed by atoms with Gasteiger partial charge >= 0.3 is 18.4 Å². The Kier molecular flexibility index (Phi) is 23.9. The van der Waals surface area contributed by atoms with E-state index < -0.39 is 58.6 Å². The van der Waals surface area contributed by atoms with Gasteiger partial charge in [0.25, 0.3) is 23.4 Å². The van der Waals surface area contributed by atoms with Crippen LogP contribution in [0.15, 0.2) is 103 Å². The fourth-order valence-corrected chi connectivity index (χ4v) is 9.55. The first kappa shape index (κ1) is 66.2. The first-order valence-electron chi connectivity index (χ1n) is 28.8. The summed E-state index contributed by atoms with van der Waals surface area (Å²) in [6, 6.07) is 26.1. The number of fused-ring (bicyclic) bond motifs is 3. The van der Waals surface area contributed by atoms with Crippen LogP contribution < -0.4 is 30.2 Å². The van der Waals surface area contributed by atoms with Crippen LogP contribution in [0.1, 0.15) is 101 Å². The number of halogens is 3. The van der Waals surface area contributed by atoms with Crippen LogP contribution in [0.25, 0.3) is 11.1 Å². The van der Waals surface area contributed by atoms with Crippen molar-refractivity contribution >= 4 is 41.6 Å². The summed E-state index contributed by atoms with van der Waals surface area (Å²) in [6.07, 6.45) is -4.46. The van der Waals surface area contributed by atoms with E-state index in [1.807, 2.05) is 54.7 Å². The summed E-state index contributed by atoms with van der Waals surface area (Å²) >= 11 is 0. The van der Waals surface area contributed by atoms with Gasteiger partial charge in [-0.2, -0.15) is 13.2 Å². The molecule has 0 spiro atoms. The largest absolute Gasteiger partial charge is 0.534 e. The zero-order chi connectivity index (χ0) is 64.0.